The molecule has 0 aromatic rings. The van der Waals surface area contributed by atoms with Crippen LogP contribution < -0.4 is 0 Å². The minimum Gasteiger partial charge on any atom is -0.455 e. The number of hydrogen-bond donors (Lipinski definition) is 0. The molecule has 96 valence electrons. The fourth-order valence-electron chi connectivity index (χ4n) is 2.42. The molecule has 0 aromatic carbocycles. The summed E-state index contributed by atoms with van der Waals surface area (Å²) in [6.07, 6.45) is 0.554. The molecule has 2 bridgehead atoms. The summed E-state index contributed by atoms with van der Waals surface area (Å²) < 4.78 is 35.4. The van der Waals surface area contributed by atoms with Crippen molar-refractivity contribution < 1.29 is 27.8 Å². The van der Waals surface area contributed by atoms with Gasteiger partial charge >= 0.3 is 17.9 Å². The van der Waals surface area contributed by atoms with Crippen LogP contribution in [0.5, 0.6) is 0 Å². The van der Waals surface area contributed by atoms with Gasteiger partial charge in [-0.2, -0.15) is 8.78 Å². The fraction of sp³-hybridized carbons (Fsp3) is 0.818. The highest BCUT2D eigenvalue weighted by atomic mass is 19.3. The van der Waals surface area contributed by atoms with Crippen LogP contribution in [-0.2, 0) is 19.1 Å². The SMILES string of the molecule is CC(F)(F)C(=O)OC1CCC2CC1(C)OC2=O. The Hall–Kier alpha value is -1.20. The first-order valence-corrected chi connectivity index (χ1v) is 5.54. The normalized spacial score (nSPS) is 36.6. The molecule has 4 nitrogen and oxygen atoms in total. The van der Waals surface area contributed by atoms with Crippen molar-refractivity contribution in [1.82, 2.24) is 0 Å². The largest absolute Gasteiger partial charge is 0.455 e. The monoisotopic (exact) mass is 248 g/mol. The third-order valence-electron chi connectivity index (χ3n) is 3.38. The number of carbonyl (C=O) groups excluding carboxylic acids is 2. The highest BCUT2D eigenvalue weighted by Crippen LogP contribution is 2.44. The molecule has 3 unspecified atom stereocenters. The van der Waals surface area contributed by atoms with E-state index in [1.807, 2.05) is 0 Å². The van der Waals surface area contributed by atoms with Crippen LogP contribution in [0.1, 0.15) is 33.1 Å². The quantitative estimate of drug-likeness (QED) is 0.697. The van der Waals surface area contributed by atoms with Crippen molar-refractivity contribution >= 4 is 11.9 Å². The Morgan fingerprint density at radius 1 is 1.53 bits per heavy atom. The molecule has 17 heavy (non-hydrogen) atoms. The molecule has 1 saturated carbocycles. The Labute approximate surface area is 97.3 Å². The highest BCUT2D eigenvalue weighted by Gasteiger charge is 2.54. The number of alkyl halides is 2. The minimum atomic E-state index is -3.52. The van der Waals surface area contributed by atoms with Crippen molar-refractivity contribution in [2.24, 2.45) is 5.92 Å². The zero-order valence-corrected chi connectivity index (χ0v) is 9.66. The summed E-state index contributed by atoms with van der Waals surface area (Å²) in [4.78, 5) is 22.5. The van der Waals surface area contributed by atoms with Gasteiger partial charge in [-0.05, 0) is 19.8 Å². The van der Waals surface area contributed by atoms with Gasteiger partial charge in [0.2, 0.25) is 0 Å². The van der Waals surface area contributed by atoms with E-state index in [1.165, 1.54) is 0 Å². The van der Waals surface area contributed by atoms with Crippen molar-refractivity contribution in [1.29, 1.82) is 0 Å². The molecule has 1 aliphatic heterocycles. The van der Waals surface area contributed by atoms with Crippen LogP contribution >= 0.6 is 0 Å². The number of esters is 2. The lowest BCUT2D eigenvalue weighted by atomic mass is 9.80. The van der Waals surface area contributed by atoms with E-state index >= 15 is 0 Å². The second kappa shape index (κ2) is 3.65. The maximum Gasteiger partial charge on any atom is 0.377 e. The standard InChI is InChI=1S/C11H14F2O4/c1-10-5-6(8(14)17-10)3-4-7(10)16-9(15)11(2,12)13/h6-7H,3-5H2,1-2H3. The fourth-order valence-corrected chi connectivity index (χ4v) is 2.42. The summed E-state index contributed by atoms with van der Waals surface area (Å²) in [5, 5.41) is 0. The molecule has 0 N–H and O–H groups in total. The van der Waals surface area contributed by atoms with Crippen LogP contribution in [0.4, 0.5) is 8.78 Å². The zero-order chi connectivity index (χ0) is 12.8. The first-order chi connectivity index (χ1) is 7.72. The van der Waals surface area contributed by atoms with Gasteiger partial charge in [-0.3, -0.25) is 4.79 Å². The van der Waals surface area contributed by atoms with Gasteiger partial charge in [0.25, 0.3) is 0 Å². The molecule has 2 fully saturated rings. The van der Waals surface area contributed by atoms with Crippen LogP contribution in [0, 0.1) is 5.92 Å². The highest BCUT2D eigenvalue weighted by molar-refractivity contribution is 5.78. The minimum absolute atomic E-state index is 0.183. The van der Waals surface area contributed by atoms with Gasteiger partial charge in [-0.15, -0.1) is 0 Å². The van der Waals surface area contributed by atoms with Crippen molar-refractivity contribution in [3.8, 4) is 0 Å². The molecule has 3 atom stereocenters. The number of rotatable bonds is 2. The molecule has 1 aliphatic carbocycles. The maximum atomic E-state index is 12.7. The average Bonchev–Trinajstić information content (AvgIpc) is 2.42. The summed E-state index contributed by atoms with van der Waals surface area (Å²) in [5.41, 5.74) is -0.944. The molecular weight excluding hydrogens is 234 g/mol. The number of halogens is 2. The van der Waals surface area contributed by atoms with Gasteiger partial charge in [0.15, 0.2) is 0 Å². The van der Waals surface area contributed by atoms with Gasteiger partial charge in [-0.1, -0.05) is 0 Å². The number of ether oxygens (including phenoxy) is 2. The van der Waals surface area contributed by atoms with E-state index < -0.39 is 23.6 Å². The molecule has 0 spiro atoms. The molecule has 6 heteroatoms. The van der Waals surface area contributed by atoms with E-state index in [4.69, 9.17) is 9.47 Å². The van der Waals surface area contributed by atoms with Gasteiger partial charge in [0.05, 0.1) is 5.92 Å². The van der Waals surface area contributed by atoms with Crippen molar-refractivity contribution in [3.05, 3.63) is 0 Å². The summed E-state index contributed by atoms with van der Waals surface area (Å²) >= 11 is 0. The first-order valence-electron chi connectivity index (χ1n) is 5.54. The van der Waals surface area contributed by atoms with Crippen molar-refractivity contribution in [2.75, 3.05) is 0 Å². The third-order valence-corrected chi connectivity index (χ3v) is 3.38. The third kappa shape index (κ3) is 2.12. The van der Waals surface area contributed by atoms with Gasteiger partial charge in [0.1, 0.15) is 11.7 Å². The molecule has 0 radical (unpaired) electrons. The molecule has 0 aromatic heterocycles. The van der Waals surface area contributed by atoms with E-state index in [-0.39, 0.29) is 11.9 Å². The predicted octanol–water partition coefficient (Wildman–Crippen LogP) is 1.67. The summed E-state index contributed by atoms with van der Waals surface area (Å²) in [5.74, 6) is -5.59. The molecule has 1 heterocycles. The second-order valence-electron chi connectivity index (χ2n) is 4.99. The molecule has 2 aliphatic rings. The summed E-state index contributed by atoms with van der Waals surface area (Å²) in [7, 11) is 0. The topological polar surface area (TPSA) is 52.6 Å². The van der Waals surface area contributed by atoms with Gasteiger partial charge in [-0.25, -0.2) is 4.79 Å². The van der Waals surface area contributed by atoms with Crippen LogP contribution in [0.25, 0.3) is 0 Å². The lowest BCUT2D eigenvalue weighted by Gasteiger charge is -2.34. The number of carbonyl (C=O) groups is 2. The predicted molar refractivity (Wildman–Crippen MR) is 52.3 cm³/mol. The Morgan fingerprint density at radius 3 is 2.76 bits per heavy atom. The van der Waals surface area contributed by atoms with Crippen LogP contribution in [-0.4, -0.2) is 29.6 Å². The number of fused-ring (bicyclic) bond motifs is 2. The lowest BCUT2D eigenvalue weighted by molar-refractivity contribution is -0.191. The van der Waals surface area contributed by atoms with Gasteiger partial charge < -0.3 is 9.47 Å². The average molecular weight is 248 g/mol. The Bertz CT molecular complexity index is 363. The Morgan fingerprint density at radius 2 is 2.18 bits per heavy atom. The van der Waals surface area contributed by atoms with Crippen LogP contribution in [0.2, 0.25) is 0 Å². The van der Waals surface area contributed by atoms with E-state index in [2.05, 4.69) is 0 Å². The van der Waals surface area contributed by atoms with Crippen molar-refractivity contribution in [2.45, 2.75) is 50.7 Å². The summed E-state index contributed by atoms with van der Waals surface area (Å²) in [6.45, 7) is 2.11. The maximum absolute atomic E-state index is 12.7. The van der Waals surface area contributed by atoms with Crippen LogP contribution in [0.3, 0.4) is 0 Å². The van der Waals surface area contributed by atoms with E-state index in [1.54, 1.807) is 6.92 Å². The Kier molecular flexibility index (Phi) is 2.63. The summed E-state index contributed by atoms with van der Waals surface area (Å²) in [6, 6.07) is 0. The van der Waals surface area contributed by atoms with Crippen LogP contribution in [0.15, 0.2) is 0 Å². The van der Waals surface area contributed by atoms with E-state index in [0.717, 1.165) is 0 Å². The number of hydrogen-bond acceptors (Lipinski definition) is 4. The molecule has 1 saturated heterocycles. The van der Waals surface area contributed by atoms with E-state index in [9.17, 15) is 18.4 Å². The van der Waals surface area contributed by atoms with Gasteiger partial charge in [0, 0.05) is 13.3 Å². The smallest absolute Gasteiger partial charge is 0.377 e. The zero-order valence-electron chi connectivity index (χ0n) is 9.66. The molecular formula is C11H14F2O4. The lowest BCUT2D eigenvalue weighted by Crippen LogP contribution is -2.46. The molecule has 0 amide bonds. The first kappa shape index (κ1) is 12.3. The Balaban J connectivity index is 2.08. The second-order valence-corrected chi connectivity index (χ2v) is 4.99. The van der Waals surface area contributed by atoms with E-state index in [0.29, 0.717) is 26.2 Å². The molecule has 2 rings (SSSR count). The van der Waals surface area contributed by atoms with Crippen molar-refractivity contribution in [3.63, 3.8) is 0 Å².